The molecule has 0 bridgehead atoms. The van der Waals surface area contributed by atoms with Crippen molar-refractivity contribution in [1.82, 2.24) is 10.2 Å². The van der Waals surface area contributed by atoms with Crippen LogP contribution in [0, 0.1) is 11.3 Å². The summed E-state index contributed by atoms with van der Waals surface area (Å²) < 4.78 is 5.80. The van der Waals surface area contributed by atoms with Crippen molar-refractivity contribution in [1.29, 1.82) is 5.26 Å². The second kappa shape index (κ2) is 8.95. The summed E-state index contributed by atoms with van der Waals surface area (Å²) in [5.74, 6) is 0. The molecule has 2 aromatic rings. The molecule has 0 radical (unpaired) electrons. The lowest BCUT2D eigenvalue weighted by Crippen LogP contribution is -2.44. The van der Waals surface area contributed by atoms with E-state index < -0.39 is 0 Å². The maximum Gasteiger partial charge on any atom is 0.0991 e. The van der Waals surface area contributed by atoms with Crippen LogP contribution in [0.2, 0.25) is 0 Å². The number of morpholine rings is 1. The highest BCUT2D eigenvalue weighted by molar-refractivity contribution is 5.32. The molecule has 26 heavy (non-hydrogen) atoms. The molecule has 3 rings (SSSR count). The average Bonchev–Trinajstić information content (AvgIpc) is 2.62. The number of hydrogen-bond acceptors (Lipinski definition) is 4. The van der Waals surface area contributed by atoms with Gasteiger partial charge in [0.15, 0.2) is 0 Å². The van der Waals surface area contributed by atoms with Gasteiger partial charge in [-0.1, -0.05) is 36.4 Å². The first-order valence-corrected chi connectivity index (χ1v) is 9.28. The maximum absolute atomic E-state index is 8.96. The van der Waals surface area contributed by atoms with Crippen LogP contribution in [-0.2, 0) is 24.4 Å². The third-order valence-electron chi connectivity index (χ3n) is 4.64. The molecule has 0 unspecified atom stereocenters. The van der Waals surface area contributed by atoms with Gasteiger partial charge in [-0.15, -0.1) is 0 Å². The third-order valence-corrected chi connectivity index (χ3v) is 4.64. The first kappa shape index (κ1) is 18.6. The molecule has 4 nitrogen and oxygen atoms in total. The standard InChI is InChI=1S/C22H27N3O/c1-17-14-25(15-18(2)26-17)16-20-8-6-19(7-9-20)12-24-13-22-5-3-4-21(10-22)11-23/h3-10,17-18,24H,12-16H2,1-2H3/t17-,18+. The molecular weight excluding hydrogens is 322 g/mol. The van der Waals surface area contributed by atoms with Crippen molar-refractivity contribution in [3.63, 3.8) is 0 Å². The summed E-state index contributed by atoms with van der Waals surface area (Å²) >= 11 is 0. The number of nitrogens with zero attached hydrogens (tertiary/aromatic N) is 2. The van der Waals surface area contributed by atoms with Crippen molar-refractivity contribution in [2.45, 2.75) is 45.7 Å². The Bertz CT molecular complexity index is 741. The Labute approximate surface area is 156 Å². The number of hydrogen-bond donors (Lipinski definition) is 1. The zero-order chi connectivity index (χ0) is 18.4. The van der Waals surface area contributed by atoms with E-state index in [1.165, 1.54) is 11.1 Å². The van der Waals surface area contributed by atoms with Crippen molar-refractivity contribution >= 4 is 0 Å². The fraction of sp³-hybridized carbons (Fsp3) is 0.409. The Kier molecular flexibility index (Phi) is 6.40. The summed E-state index contributed by atoms with van der Waals surface area (Å²) in [4.78, 5) is 2.47. The van der Waals surface area contributed by atoms with Crippen LogP contribution in [0.3, 0.4) is 0 Å². The smallest absolute Gasteiger partial charge is 0.0991 e. The lowest BCUT2D eigenvalue weighted by atomic mass is 10.1. The van der Waals surface area contributed by atoms with Crippen LogP contribution >= 0.6 is 0 Å². The molecule has 0 saturated carbocycles. The first-order chi connectivity index (χ1) is 12.6. The molecule has 1 saturated heterocycles. The summed E-state index contributed by atoms with van der Waals surface area (Å²) in [7, 11) is 0. The number of nitrogens with one attached hydrogen (secondary N) is 1. The number of rotatable bonds is 6. The van der Waals surface area contributed by atoms with Gasteiger partial charge in [0.1, 0.15) is 0 Å². The number of nitriles is 1. The van der Waals surface area contributed by atoms with E-state index in [4.69, 9.17) is 10.00 Å². The van der Waals surface area contributed by atoms with Crippen LogP contribution in [0.1, 0.15) is 36.1 Å². The van der Waals surface area contributed by atoms with Crippen LogP contribution in [0.4, 0.5) is 0 Å². The van der Waals surface area contributed by atoms with E-state index in [-0.39, 0.29) is 0 Å². The highest BCUT2D eigenvalue weighted by Crippen LogP contribution is 2.15. The largest absolute Gasteiger partial charge is 0.373 e. The van der Waals surface area contributed by atoms with Crippen molar-refractivity contribution in [2.75, 3.05) is 13.1 Å². The first-order valence-electron chi connectivity index (χ1n) is 9.28. The minimum atomic E-state index is 0.307. The highest BCUT2D eigenvalue weighted by atomic mass is 16.5. The summed E-state index contributed by atoms with van der Waals surface area (Å²) in [5.41, 5.74) is 4.46. The predicted molar refractivity (Wildman–Crippen MR) is 103 cm³/mol. The Morgan fingerprint density at radius 2 is 1.65 bits per heavy atom. The average molecular weight is 349 g/mol. The molecule has 0 spiro atoms. The molecule has 2 aromatic carbocycles. The van der Waals surface area contributed by atoms with Gasteiger partial charge in [0.05, 0.1) is 23.8 Å². The van der Waals surface area contributed by atoms with E-state index in [2.05, 4.69) is 54.4 Å². The van der Waals surface area contributed by atoms with Crippen LogP contribution in [0.15, 0.2) is 48.5 Å². The third kappa shape index (κ3) is 5.40. The molecule has 0 aliphatic carbocycles. The quantitative estimate of drug-likeness (QED) is 0.868. The van der Waals surface area contributed by atoms with Crippen LogP contribution < -0.4 is 5.32 Å². The SMILES string of the molecule is C[C@@H]1CN(Cc2ccc(CNCc3cccc(C#N)c3)cc2)C[C@H](C)O1. The molecular formula is C22H27N3O. The van der Waals surface area contributed by atoms with Gasteiger partial charge in [-0.05, 0) is 42.7 Å². The summed E-state index contributed by atoms with van der Waals surface area (Å²) in [6, 6.07) is 18.7. The maximum atomic E-state index is 8.96. The predicted octanol–water partition coefficient (Wildman–Crippen LogP) is 3.46. The van der Waals surface area contributed by atoms with Crippen LogP contribution in [0.5, 0.6) is 0 Å². The van der Waals surface area contributed by atoms with Gasteiger partial charge >= 0.3 is 0 Å². The van der Waals surface area contributed by atoms with Crippen molar-refractivity contribution in [3.05, 3.63) is 70.8 Å². The summed E-state index contributed by atoms with van der Waals surface area (Å²) in [5, 5.41) is 12.4. The van der Waals surface area contributed by atoms with Gasteiger partial charge < -0.3 is 10.1 Å². The number of benzene rings is 2. The Morgan fingerprint density at radius 1 is 1.00 bits per heavy atom. The molecule has 1 fully saturated rings. The van der Waals surface area contributed by atoms with E-state index in [9.17, 15) is 0 Å². The van der Waals surface area contributed by atoms with Gasteiger partial charge in [-0.25, -0.2) is 0 Å². The molecule has 1 aliphatic rings. The van der Waals surface area contributed by atoms with Crippen molar-refractivity contribution in [2.24, 2.45) is 0 Å². The monoisotopic (exact) mass is 349 g/mol. The van der Waals surface area contributed by atoms with Gasteiger partial charge in [0, 0.05) is 32.7 Å². The van der Waals surface area contributed by atoms with E-state index in [0.29, 0.717) is 17.8 Å². The second-order valence-corrected chi connectivity index (χ2v) is 7.18. The zero-order valence-corrected chi connectivity index (χ0v) is 15.6. The van der Waals surface area contributed by atoms with Gasteiger partial charge in [-0.2, -0.15) is 5.26 Å². The van der Waals surface area contributed by atoms with Crippen LogP contribution in [0.25, 0.3) is 0 Å². The van der Waals surface area contributed by atoms with Gasteiger partial charge in [0.2, 0.25) is 0 Å². The fourth-order valence-electron chi connectivity index (χ4n) is 3.54. The number of ether oxygens (including phenoxy) is 1. The summed E-state index contributed by atoms with van der Waals surface area (Å²) in [6.07, 6.45) is 0.614. The molecule has 1 heterocycles. The minimum absolute atomic E-state index is 0.307. The van der Waals surface area contributed by atoms with Crippen molar-refractivity contribution in [3.8, 4) is 6.07 Å². The Hall–Kier alpha value is -2.19. The molecule has 1 aliphatic heterocycles. The van der Waals surface area contributed by atoms with Crippen LogP contribution in [-0.4, -0.2) is 30.2 Å². The Morgan fingerprint density at radius 3 is 2.35 bits per heavy atom. The molecule has 1 N–H and O–H groups in total. The van der Waals surface area contributed by atoms with Crippen molar-refractivity contribution < 1.29 is 4.74 Å². The Balaban J connectivity index is 1.47. The molecule has 0 amide bonds. The zero-order valence-electron chi connectivity index (χ0n) is 15.6. The molecule has 4 heteroatoms. The summed E-state index contributed by atoms with van der Waals surface area (Å²) in [6.45, 7) is 8.84. The van der Waals surface area contributed by atoms with E-state index in [1.807, 2.05) is 24.3 Å². The van der Waals surface area contributed by atoms with E-state index in [0.717, 1.165) is 38.3 Å². The highest BCUT2D eigenvalue weighted by Gasteiger charge is 2.21. The lowest BCUT2D eigenvalue weighted by Gasteiger charge is -2.35. The topological polar surface area (TPSA) is 48.3 Å². The van der Waals surface area contributed by atoms with E-state index >= 15 is 0 Å². The molecule has 0 aromatic heterocycles. The fourth-order valence-corrected chi connectivity index (χ4v) is 3.54. The molecule has 2 atom stereocenters. The second-order valence-electron chi connectivity index (χ2n) is 7.18. The van der Waals surface area contributed by atoms with Gasteiger partial charge in [0.25, 0.3) is 0 Å². The van der Waals surface area contributed by atoms with E-state index in [1.54, 1.807) is 0 Å². The lowest BCUT2D eigenvalue weighted by molar-refractivity contribution is -0.0704. The molecule has 136 valence electrons. The van der Waals surface area contributed by atoms with Gasteiger partial charge in [-0.3, -0.25) is 4.90 Å². The normalized spacial score (nSPS) is 20.7. The minimum Gasteiger partial charge on any atom is -0.373 e.